The first-order valence-corrected chi connectivity index (χ1v) is 9.52. The fourth-order valence-electron chi connectivity index (χ4n) is 3.05. The van der Waals surface area contributed by atoms with Gasteiger partial charge in [0.25, 0.3) is 0 Å². The van der Waals surface area contributed by atoms with E-state index in [1.807, 2.05) is 26.8 Å². The van der Waals surface area contributed by atoms with Gasteiger partial charge < -0.3 is 5.73 Å². The van der Waals surface area contributed by atoms with Gasteiger partial charge in [0.05, 0.1) is 12.2 Å². The Bertz CT molecular complexity index is 1040. The Morgan fingerprint density at radius 3 is 2.74 bits per heavy atom. The van der Waals surface area contributed by atoms with Crippen LogP contribution in [0.2, 0.25) is 0 Å². The number of aromatic nitrogens is 2. The van der Waals surface area contributed by atoms with Crippen LogP contribution in [0.4, 0.5) is 15.2 Å². The second-order valence-electron chi connectivity index (χ2n) is 6.75. The summed E-state index contributed by atoms with van der Waals surface area (Å²) in [5.74, 6) is 0.268. The number of hydrogen-bond acceptors (Lipinski definition) is 4. The minimum atomic E-state index is -0.293. The van der Waals surface area contributed by atoms with Gasteiger partial charge >= 0.3 is 0 Å². The molecular formula is C21H23FN4S. The van der Waals surface area contributed by atoms with E-state index in [4.69, 9.17) is 10.7 Å². The van der Waals surface area contributed by atoms with Gasteiger partial charge in [0.1, 0.15) is 16.6 Å². The van der Waals surface area contributed by atoms with E-state index in [0.717, 1.165) is 27.4 Å². The topological polar surface area (TPSA) is 56.2 Å². The zero-order valence-corrected chi connectivity index (χ0v) is 16.8. The van der Waals surface area contributed by atoms with E-state index in [2.05, 4.69) is 24.0 Å². The summed E-state index contributed by atoms with van der Waals surface area (Å²) in [5.41, 5.74) is 12.7. The highest BCUT2D eigenvalue weighted by Crippen LogP contribution is 2.35. The molecule has 0 unspecified atom stereocenters. The molecule has 0 fully saturated rings. The first-order valence-electron chi connectivity index (χ1n) is 8.65. The largest absolute Gasteiger partial charge is 0.384 e. The predicted molar refractivity (Wildman–Crippen MR) is 113 cm³/mol. The third kappa shape index (κ3) is 3.85. The van der Waals surface area contributed by atoms with Gasteiger partial charge in [-0.05, 0) is 56.3 Å². The Kier molecular flexibility index (Phi) is 5.28. The van der Waals surface area contributed by atoms with Crippen molar-refractivity contribution in [3.05, 3.63) is 58.7 Å². The summed E-state index contributed by atoms with van der Waals surface area (Å²) < 4.78 is 15.3. The molecule has 4 nitrogen and oxygen atoms in total. The van der Waals surface area contributed by atoms with Crippen molar-refractivity contribution in [1.82, 2.24) is 9.78 Å². The van der Waals surface area contributed by atoms with Crippen molar-refractivity contribution in [2.45, 2.75) is 34.2 Å². The molecule has 0 aliphatic rings. The average Bonchev–Trinajstić information content (AvgIpc) is 3.09. The van der Waals surface area contributed by atoms with Crippen LogP contribution >= 0.6 is 11.3 Å². The number of thiophene rings is 1. The summed E-state index contributed by atoms with van der Waals surface area (Å²) in [7, 11) is 0. The molecule has 6 heteroatoms. The number of anilines is 1. The molecule has 2 aromatic heterocycles. The standard InChI is InChI=1S/C21H23FN4S/c1-12(2)18-13(3)11-27-21(18)24-14(4)10-26-20(23)15(5)19(25-26)16-7-6-8-17(22)9-16/h6-9,11H,1,10,23H2,2-5H3/b24-14+. The first-order chi connectivity index (χ1) is 12.8. The fraction of sp³-hybridized carbons (Fsp3) is 0.238. The number of aliphatic imine (C=N–C) groups is 1. The van der Waals surface area contributed by atoms with Gasteiger partial charge in [-0.15, -0.1) is 11.3 Å². The van der Waals surface area contributed by atoms with Crippen LogP contribution in [0.15, 0.2) is 41.2 Å². The number of halogens is 1. The van der Waals surface area contributed by atoms with Crippen LogP contribution in [0, 0.1) is 19.7 Å². The second kappa shape index (κ2) is 7.48. The number of nitrogen functional groups attached to an aromatic ring is 1. The number of nitrogens with two attached hydrogens (primary N) is 1. The third-order valence-electron chi connectivity index (χ3n) is 4.39. The Balaban J connectivity index is 1.92. The summed E-state index contributed by atoms with van der Waals surface area (Å²) in [6.07, 6.45) is 0. The van der Waals surface area contributed by atoms with Crippen molar-refractivity contribution < 1.29 is 4.39 Å². The molecular weight excluding hydrogens is 359 g/mol. The molecule has 1 aromatic carbocycles. The Labute approximate surface area is 162 Å². The SMILES string of the molecule is C=C(C)c1c(C)csc1/N=C(\C)Cn1nc(-c2cccc(F)c2)c(C)c1N. The predicted octanol–water partition coefficient (Wildman–Crippen LogP) is 5.78. The molecule has 3 aromatic rings. The summed E-state index contributed by atoms with van der Waals surface area (Å²) in [4.78, 5) is 4.76. The maximum atomic E-state index is 13.6. The van der Waals surface area contributed by atoms with Crippen LogP contribution in [-0.4, -0.2) is 15.5 Å². The van der Waals surface area contributed by atoms with Crippen molar-refractivity contribution in [3.8, 4) is 11.3 Å². The van der Waals surface area contributed by atoms with Crippen LogP contribution in [0.1, 0.15) is 30.5 Å². The highest BCUT2D eigenvalue weighted by Gasteiger charge is 2.15. The van der Waals surface area contributed by atoms with Crippen LogP contribution in [0.5, 0.6) is 0 Å². The molecule has 2 N–H and O–H groups in total. The Morgan fingerprint density at radius 1 is 1.33 bits per heavy atom. The molecule has 2 heterocycles. The highest BCUT2D eigenvalue weighted by atomic mass is 32.1. The quantitative estimate of drug-likeness (QED) is 0.569. The second-order valence-corrected chi connectivity index (χ2v) is 7.61. The van der Waals surface area contributed by atoms with Gasteiger partial charge in [-0.2, -0.15) is 5.10 Å². The zero-order chi connectivity index (χ0) is 19.7. The average molecular weight is 383 g/mol. The van der Waals surface area contributed by atoms with E-state index >= 15 is 0 Å². The molecule has 3 rings (SSSR count). The number of rotatable bonds is 5. The minimum absolute atomic E-state index is 0.293. The lowest BCUT2D eigenvalue weighted by molar-refractivity contribution is 0.628. The van der Waals surface area contributed by atoms with E-state index < -0.39 is 0 Å². The number of allylic oxidation sites excluding steroid dienone is 1. The molecule has 0 bridgehead atoms. The molecule has 0 amide bonds. The van der Waals surface area contributed by atoms with Crippen molar-refractivity contribution >= 4 is 33.4 Å². The fourth-order valence-corrected chi connectivity index (χ4v) is 4.12. The van der Waals surface area contributed by atoms with Crippen molar-refractivity contribution in [3.63, 3.8) is 0 Å². The maximum absolute atomic E-state index is 13.6. The van der Waals surface area contributed by atoms with Crippen LogP contribution in [0.25, 0.3) is 16.8 Å². The Hall–Kier alpha value is -2.73. The van der Waals surface area contributed by atoms with Crippen molar-refractivity contribution in [2.24, 2.45) is 4.99 Å². The molecule has 0 aliphatic carbocycles. The lowest BCUT2D eigenvalue weighted by atomic mass is 10.1. The number of benzene rings is 1. The monoisotopic (exact) mass is 382 g/mol. The molecule has 0 radical (unpaired) electrons. The van der Waals surface area contributed by atoms with Gasteiger partial charge in [0.2, 0.25) is 0 Å². The summed E-state index contributed by atoms with van der Waals surface area (Å²) in [6.45, 7) is 12.4. The molecule has 140 valence electrons. The van der Waals surface area contributed by atoms with Gasteiger partial charge in [-0.1, -0.05) is 18.7 Å². The zero-order valence-electron chi connectivity index (χ0n) is 16.0. The number of aryl methyl sites for hydroxylation is 1. The van der Waals surface area contributed by atoms with Gasteiger partial charge in [-0.3, -0.25) is 0 Å². The van der Waals surface area contributed by atoms with E-state index in [1.54, 1.807) is 22.1 Å². The molecule has 0 saturated heterocycles. The van der Waals surface area contributed by atoms with E-state index in [1.165, 1.54) is 17.7 Å². The third-order valence-corrected chi connectivity index (χ3v) is 5.38. The van der Waals surface area contributed by atoms with Crippen LogP contribution in [-0.2, 0) is 6.54 Å². The van der Waals surface area contributed by atoms with E-state index in [-0.39, 0.29) is 5.82 Å². The maximum Gasteiger partial charge on any atom is 0.125 e. The molecule has 0 saturated carbocycles. The van der Waals surface area contributed by atoms with E-state index in [9.17, 15) is 4.39 Å². The highest BCUT2D eigenvalue weighted by molar-refractivity contribution is 7.14. The van der Waals surface area contributed by atoms with E-state index in [0.29, 0.717) is 23.6 Å². The van der Waals surface area contributed by atoms with Crippen molar-refractivity contribution in [1.29, 1.82) is 0 Å². The lowest BCUT2D eigenvalue weighted by Gasteiger charge is -2.05. The van der Waals surface area contributed by atoms with Gasteiger partial charge in [0, 0.05) is 22.4 Å². The van der Waals surface area contributed by atoms with Crippen molar-refractivity contribution in [2.75, 3.05) is 5.73 Å². The molecule has 0 spiro atoms. The first kappa shape index (κ1) is 19.0. The number of hydrogen-bond donors (Lipinski definition) is 1. The molecule has 27 heavy (non-hydrogen) atoms. The van der Waals surface area contributed by atoms with Gasteiger partial charge in [0.15, 0.2) is 0 Å². The minimum Gasteiger partial charge on any atom is -0.384 e. The summed E-state index contributed by atoms with van der Waals surface area (Å²) in [5, 5.41) is 7.63. The molecule has 0 atom stereocenters. The smallest absolute Gasteiger partial charge is 0.125 e. The van der Waals surface area contributed by atoms with Crippen LogP contribution in [0.3, 0.4) is 0 Å². The normalized spacial score (nSPS) is 11.8. The Morgan fingerprint density at radius 2 is 2.07 bits per heavy atom. The van der Waals surface area contributed by atoms with Gasteiger partial charge in [-0.25, -0.2) is 14.1 Å². The van der Waals surface area contributed by atoms with Crippen LogP contribution < -0.4 is 5.73 Å². The molecule has 0 aliphatic heterocycles. The summed E-state index contributed by atoms with van der Waals surface area (Å²) >= 11 is 1.60. The lowest BCUT2D eigenvalue weighted by Crippen LogP contribution is -2.11. The summed E-state index contributed by atoms with van der Waals surface area (Å²) in [6, 6.07) is 6.38. The number of nitrogens with zero attached hydrogens (tertiary/aromatic N) is 3.